The number of hydrogen-bond donors (Lipinski definition) is 0. The van der Waals surface area contributed by atoms with Gasteiger partial charge in [-0.3, -0.25) is 0 Å². The van der Waals surface area contributed by atoms with Crippen LogP contribution in [0.25, 0.3) is 0 Å². The summed E-state index contributed by atoms with van der Waals surface area (Å²) in [5.74, 6) is 0. The Balaban J connectivity index is 2.73. The Bertz CT molecular complexity index is 168. The highest BCUT2D eigenvalue weighted by molar-refractivity contribution is 8.79. The van der Waals surface area contributed by atoms with Crippen LogP contribution in [0.15, 0.2) is 22.0 Å². The molecular weight excluding hydrogens is 160 g/mol. The van der Waals surface area contributed by atoms with Gasteiger partial charge in [-0.15, -0.1) is 0 Å². The van der Waals surface area contributed by atoms with E-state index in [1.807, 2.05) is 21.6 Å². The second-order valence-corrected chi connectivity index (χ2v) is 4.34. The third-order valence-corrected chi connectivity index (χ3v) is 3.85. The van der Waals surface area contributed by atoms with Gasteiger partial charge < -0.3 is 0 Å². The highest BCUT2D eigenvalue weighted by Gasteiger charge is 2.04. The molecule has 2 heteroatoms. The van der Waals surface area contributed by atoms with Crippen molar-refractivity contribution in [1.29, 1.82) is 0 Å². The molecule has 0 nitrogen and oxygen atoms in total. The SMILES string of the molecule is CCC1=C(CC)SSC=C1. The molecule has 0 unspecified atom stereocenters. The number of rotatable bonds is 2. The maximum absolute atomic E-state index is 2.24. The molecule has 0 N–H and O–H groups in total. The quantitative estimate of drug-likeness (QED) is 0.578. The van der Waals surface area contributed by atoms with Crippen molar-refractivity contribution in [3.8, 4) is 0 Å². The third-order valence-electron chi connectivity index (χ3n) is 1.53. The average Bonchev–Trinajstić information content (AvgIpc) is 2.04. The van der Waals surface area contributed by atoms with E-state index in [1.54, 1.807) is 4.91 Å². The van der Waals surface area contributed by atoms with Crippen LogP contribution in [-0.2, 0) is 0 Å². The molecule has 0 fully saturated rings. The first-order valence-corrected chi connectivity index (χ1v) is 5.81. The molecule has 0 saturated carbocycles. The van der Waals surface area contributed by atoms with E-state index in [2.05, 4.69) is 25.3 Å². The summed E-state index contributed by atoms with van der Waals surface area (Å²) in [4.78, 5) is 1.55. The summed E-state index contributed by atoms with van der Waals surface area (Å²) >= 11 is 0. The van der Waals surface area contributed by atoms with Crippen LogP contribution in [0.2, 0.25) is 0 Å². The molecule has 0 aromatic carbocycles. The first kappa shape index (κ1) is 8.28. The second-order valence-electron chi connectivity index (χ2n) is 2.14. The minimum absolute atomic E-state index is 1.17. The molecule has 0 aliphatic carbocycles. The first-order valence-electron chi connectivity index (χ1n) is 3.60. The largest absolute Gasteiger partial charge is 0.0613 e. The Labute approximate surface area is 70.6 Å². The molecule has 0 aromatic heterocycles. The fraction of sp³-hybridized carbons (Fsp3) is 0.500. The molecule has 1 aliphatic heterocycles. The summed E-state index contributed by atoms with van der Waals surface area (Å²) in [6.07, 6.45) is 4.60. The fourth-order valence-corrected chi connectivity index (χ4v) is 3.13. The van der Waals surface area contributed by atoms with E-state index in [0.717, 1.165) is 0 Å². The molecule has 0 radical (unpaired) electrons. The van der Waals surface area contributed by atoms with Crippen molar-refractivity contribution < 1.29 is 0 Å². The smallest absolute Gasteiger partial charge is 0.000936 e. The molecule has 1 aliphatic rings. The van der Waals surface area contributed by atoms with Gasteiger partial charge in [-0.05, 0) is 28.7 Å². The van der Waals surface area contributed by atoms with E-state index in [0.29, 0.717) is 0 Å². The van der Waals surface area contributed by atoms with Gasteiger partial charge in [0.25, 0.3) is 0 Å². The van der Waals surface area contributed by atoms with Gasteiger partial charge in [-0.1, -0.05) is 41.5 Å². The molecule has 0 bridgehead atoms. The van der Waals surface area contributed by atoms with Crippen molar-refractivity contribution >= 4 is 21.6 Å². The summed E-state index contributed by atoms with van der Waals surface area (Å²) < 4.78 is 0. The molecule has 56 valence electrons. The van der Waals surface area contributed by atoms with Gasteiger partial charge in [-0.2, -0.15) is 0 Å². The maximum atomic E-state index is 2.24. The molecular formula is C8H12S2. The van der Waals surface area contributed by atoms with E-state index in [1.165, 1.54) is 18.4 Å². The van der Waals surface area contributed by atoms with Crippen LogP contribution >= 0.6 is 21.6 Å². The Kier molecular flexibility index (Phi) is 3.43. The summed E-state index contributed by atoms with van der Waals surface area (Å²) in [7, 11) is 3.73. The van der Waals surface area contributed by atoms with Crippen molar-refractivity contribution in [1.82, 2.24) is 0 Å². The van der Waals surface area contributed by atoms with Crippen molar-refractivity contribution in [2.45, 2.75) is 26.7 Å². The molecule has 0 saturated heterocycles. The van der Waals surface area contributed by atoms with Gasteiger partial charge in [0.2, 0.25) is 0 Å². The van der Waals surface area contributed by atoms with Gasteiger partial charge in [0.15, 0.2) is 0 Å². The molecule has 1 rings (SSSR count). The van der Waals surface area contributed by atoms with Crippen molar-refractivity contribution in [3.05, 3.63) is 22.0 Å². The van der Waals surface area contributed by atoms with Gasteiger partial charge in [0.05, 0.1) is 0 Å². The lowest BCUT2D eigenvalue weighted by Gasteiger charge is -2.10. The Morgan fingerprint density at radius 2 is 2.10 bits per heavy atom. The lowest BCUT2D eigenvalue weighted by Crippen LogP contribution is -1.84. The van der Waals surface area contributed by atoms with Gasteiger partial charge >= 0.3 is 0 Å². The van der Waals surface area contributed by atoms with Crippen LogP contribution in [0.1, 0.15) is 26.7 Å². The minimum Gasteiger partial charge on any atom is -0.0613 e. The fourth-order valence-electron chi connectivity index (χ4n) is 0.943. The van der Waals surface area contributed by atoms with Crippen LogP contribution in [-0.4, -0.2) is 0 Å². The third kappa shape index (κ3) is 1.83. The minimum atomic E-state index is 1.17. The monoisotopic (exact) mass is 172 g/mol. The van der Waals surface area contributed by atoms with Gasteiger partial charge in [-0.25, -0.2) is 0 Å². The summed E-state index contributed by atoms with van der Waals surface area (Å²) in [6.45, 7) is 4.43. The Morgan fingerprint density at radius 1 is 1.30 bits per heavy atom. The van der Waals surface area contributed by atoms with Crippen LogP contribution in [0.5, 0.6) is 0 Å². The first-order chi connectivity index (χ1) is 4.88. The van der Waals surface area contributed by atoms with Crippen LogP contribution in [0.3, 0.4) is 0 Å². The zero-order valence-electron chi connectivity index (χ0n) is 6.39. The zero-order chi connectivity index (χ0) is 7.40. The van der Waals surface area contributed by atoms with Crippen LogP contribution in [0, 0.1) is 0 Å². The molecule has 10 heavy (non-hydrogen) atoms. The molecule has 1 heterocycles. The maximum Gasteiger partial charge on any atom is -0.000936 e. The molecule has 0 atom stereocenters. The van der Waals surface area contributed by atoms with E-state index < -0.39 is 0 Å². The lowest BCUT2D eigenvalue weighted by molar-refractivity contribution is 1.08. The van der Waals surface area contributed by atoms with Crippen LogP contribution in [0.4, 0.5) is 0 Å². The summed E-state index contributed by atoms with van der Waals surface area (Å²) in [6, 6.07) is 0. The Morgan fingerprint density at radius 3 is 2.60 bits per heavy atom. The Hall–Kier alpha value is 0.180. The highest BCUT2D eigenvalue weighted by Crippen LogP contribution is 2.40. The van der Waals surface area contributed by atoms with E-state index >= 15 is 0 Å². The van der Waals surface area contributed by atoms with Gasteiger partial charge in [0, 0.05) is 0 Å². The predicted octanol–water partition coefficient (Wildman–Crippen LogP) is 3.97. The van der Waals surface area contributed by atoms with E-state index in [9.17, 15) is 0 Å². The summed E-state index contributed by atoms with van der Waals surface area (Å²) in [5, 5.41) is 2.17. The molecule has 0 amide bonds. The zero-order valence-corrected chi connectivity index (χ0v) is 8.02. The lowest BCUT2D eigenvalue weighted by atomic mass is 10.2. The van der Waals surface area contributed by atoms with E-state index in [4.69, 9.17) is 0 Å². The number of allylic oxidation sites excluding steroid dienone is 3. The highest BCUT2D eigenvalue weighted by atomic mass is 33.1. The van der Waals surface area contributed by atoms with Crippen molar-refractivity contribution in [3.63, 3.8) is 0 Å². The van der Waals surface area contributed by atoms with Crippen molar-refractivity contribution in [2.24, 2.45) is 0 Å². The average molecular weight is 172 g/mol. The standard InChI is InChI=1S/C8H12S2/c1-3-7-5-6-9-10-8(7)4-2/h5-6H,3-4H2,1-2H3. The van der Waals surface area contributed by atoms with Gasteiger partial charge in [0.1, 0.15) is 0 Å². The molecule has 0 aromatic rings. The summed E-state index contributed by atoms with van der Waals surface area (Å²) in [5.41, 5.74) is 1.52. The van der Waals surface area contributed by atoms with E-state index in [-0.39, 0.29) is 0 Å². The topological polar surface area (TPSA) is 0 Å². The van der Waals surface area contributed by atoms with Crippen molar-refractivity contribution in [2.75, 3.05) is 0 Å². The normalized spacial score (nSPS) is 18.2. The molecule has 0 spiro atoms. The van der Waals surface area contributed by atoms with Crippen LogP contribution < -0.4 is 0 Å². The predicted molar refractivity (Wildman–Crippen MR) is 51.9 cm³/mol. The second kappa shape index (κ2) is 4.14. The number of hydrogen-bond acceptors (Lipinski definition) is 2.